The maximum absolute atomic E-state index is 4.79. The second-order valence-electron chi connectivity index (χ2n) is 21.4. The summed E-state index contributed by atoms with van der Waals surface area (Å²) < 4.78 is 0. The Bertz CT molecular complexity index is 3270. The lowest BCUT2D eigenvalue weighted by Crippen LogP contribution is -1.94. The molecule has 0 radical (unpaired) electrons. The highest BCUT2D eigenvalue weighted by Crippen LogP contribution is 2.37. The number of hydrogen-bond donors (Lipinski definition) is 0. The Morgan fingerprint density at radius 2 is 0.817 bits per heavy atom. The predicted octanol–water partition coefficient (Wildman–Crippen LogP) is 25.3. The van der Waals surface area contributed by atoms with Gasteiger partial charge in [0, 0.05) is 0 Å². The fraction of sp³-hybridized carbons (Fsp3) is 0.244. The second kappa shape index (κ2) is 35.6. The number of allylic oxidation sites excluding steroid dienone is 13. The van der Waals surface area contributed by atoms with E-state index in [0.717, 1.165) is 52.5 Å². The minimum Gasteiger partial charge on any atom is -0.0911 e. The molecule has 0 heterocycles. The molecule has 0 nitrogen and oxygen atoms in total. The van der Waals surface area contributed by atoms with E-state index in [2.05, 4.69) is 317 Å². The lowest BCUT2D eigenvalue weighted by atomic mass is 9.89. The molecule has 82 heavy (non-hydrogen) atoms. The van der Waals surface area contributed by atoms with Gasteiger partial charge in [-0.25, -0.2) is 0 Å². The first-order chi connectivity index (χ1) is 39.3. The van der Waals surface area contributed by atoms with Gasteiger partial charge < -0.3 is 0 Å². The van der Waals surface area contributed by atoms with Crippen molar-refractivity contribution in [1.82, 2.24) is 0 Å². The summed E-state index contributed by atoms with van der Waals surface area (Å²) >= 11 is 0. The van der Waals surface area contributed by atoms with E-state index in [9.17, 15) is 0 Å². The quantitative estimate of drug-likeness (QED) is 0.0898. The number of hydrogen-bond acceptors (Lipinski definition) is 0. The van der Waals surface area contributed by atoms with E-state index in [1.807, 2.05) is 27.7 Å². The SMILES string of the molecule is C.C=C(/C=C(\C=C(/C)c1ccccc1)c1cccc(C(/C=C(\C)c2cc(-c3ccccc3)cc(-c3ccccc3)c2)=C/C(C)c2ccccc2)c1)c1cc(C2=CCCC=C2)cc(-c2ccccc2)c1.CC.CC.CC(C)C.CCC(C)C. The van der Waals surface area contributed by atoms with Crippen LogP contribution < -0.4 is 0 Å². The van der Waals surface area contributed by atoms with Gasteiger partial charge in [-0.3, -0.25) is 0 Å². The van der Waals surface area contributed by atoms with Gasteiger partial charge in [-0.05, 0) is 199 Å². The van der Waals surface area contributed by atoms with E-state index in [1.54, 1.807) is 0 Å². The maximum Gasteiger partial charge on any atom is -0.000123 e. The van der Waals surface area contributed by atoms with Gasteiger partial charge in [0.05, 0.1) is 0 Å². The van der Waals surface area contributed by atoms with Crippen molar-refractivity contribution in [2.75, 3.05) is 0 Å². The zero-order chi connectivity index (χ0) is 58.5. The van der Waals surface area contributed by atoms with Crippen molar-refractivity contribution in [2.24, 2.45) is 11.8 Å². The highest BCUT2D eigenvalue weighted by atomic mass is 14.2. The Hall–Kier alpha value is -8.06. The van der Waals surface area contributed by atoms with Gasteiger partial charge in [-0.15, -0.1) is 0 Å². The molecule has 1 unspecified atom stereocenters. The number of benzene rings is 8. The van der Waals surface area contributed by atoms with Gasteiger partial charge in [-0.2, -0.15) is 0 Å². The smallest absolute Gasteiger partial charge is 0.000123 e. The van der Waals surface area contributed by atoms with Crippen LogP contribution in [0.4, 0.5) is 0 Å². The van der Waals surface area contributed by atoms with Gasteiger partial charge >= 0.3 is 0 Å². The summed E-state index contributed by atoms with van der Waals surface area (Å²) in [4.78, 5) is 0. The number of rotatable bonds is 15. The minimum absolute atomic E-state index is 0. The van der Waals surface area contributed by atoms with Crippen LogP contribution in [-0.2, 0) is 0 Å². The molecule has 1 aliphatic carbocycles. The van der Waals surface area contributed by atoms with Gasteiger partial charge in [0.2, 0.25) is 0 Å². The molecule has 0 aromatic heterocycles. The van der Waals surface area contributed by atoms with E-state index < -0.39 is 0 Å². The van der Waals surface area contributed by atoms with Crippen LogP contribution in [0.1, 0.15) is 162 Å². The van der Waals surface area contributed by atoms with E-state index in [-0.39, 0.29) is 13.3 Å². The average molecular weight is 1080 g/mol. The van der Waals surface area contributed by atoms with Crippen LogP contribution in [0.25, 0.3) is 66.8 Å². The van der Waals surface area contributed by atoms with Crippen molar-refractivity contribution < 1.29 is 0 Å². The predicted molar refractivity (Wildman–Crippen MR) is 371 cm³/mol. The van der Waals surface area contributed by atoms with Crippen LogP contribution in [0.3, 0.4) is 0 Å². The zero-order valence-electron chi connectivity index (χ0n) is 51.3. The molecule has 1 aliphatic rings. The standard InChI is InChI=1S/C68H58.C5H12.C4H10.2C2H6.CH4/c1-49(53-24-11-5-12-25-53)38-63(40-51(3)61-43-65(55-28-15-7-16-29-55)47-66(44-61)56-30-17-8-18-31-56)59-36-23-37-60(42-59)64(39-50(2)54-26-13-6-14-27-54)41-52(4)62-45-67(57-32-19-9-20-33-57)48-68(46-62)58-34-21-10-22-35-58;1-4-5(2)3;1-4(2)3;2*1-2;/h5-7,9-17,19-48,50H,3,8,18H2,1-2,4H3;5H,4H2,1-3H3;4H,1-3H3;2*1-2H3;1H4/b49-38+,52-41+,63-40+,64-39+;;;;;. The van der Waals surface area contributed by atoms with Crippen LogP contribution in [0.5, 0.6) is 0 Å². The van der Waals surface area contributed by atoms with Crippen molar-refractivity contribution in [3.05, 3.63) is 300 Å². The van der Waals surface area contributed by atoms with Crippen LogP contribution in [0.2, 0.25) is 0 Å². The molecule has 0 bridgehead atoms. The molecule has 0 saturated carbocycles. The van der Waals surface area contributed by atoms with E-state index >= 15 is 0 Å². The van der Waals surface area contributed by atoms with Crippen LogP contribution in [0.15, 0.2) is 261 Å². The van der Waals surface area contributed by atoms with Gasteiger partial charge in [0.15, 0.2) is 0 Å². The summed E-state index contributed by atoms with van der Waals surface area (Å²) in [5.41, 5.74) is 22.3. The first-order valence-corrected chi connectivity index (χ1v) is 29.9. The summed E-state index contributed by atoms with van der Waals surface area (Å²) in [6, 6.07) is 76.6. The molecule has 0 fully saturated rings. The van der Waals surface area contributed by atoms with Crippen molar-refractivity contribution in [3.63, 3.8) is 0 Å². The molecule has 8 aromatic carbocycles. The fourth-order valence-corrected chi connectivity index (χ4v) is 9.10. The van der Waals surface area contributed by atoms with Gasteiger partial charge in [0.25, 0.3) is 0 Å². The monoisotopic (exact) mass is 1080 g/mol. The minimum atomic E-state index is 0. The third-order valence-corrected chi connectivity index (χ3v) is 13.7. The summed E-state index contributed by atoms with van der Waals surface area (Å²) in [6.07, 6.45) is 19.8. The molecule has 0 aliphatic heterocycles. The zero-order valence-corrected chi connectivity index (χ0v) is 51.3. The molecule has 0 heteroatoms. The van der Waals surface area contributed by atoms with Gasteiger partial charge in [0.1, 0.15) is 0 Å². The largest absolute Gasteiger partial charge is 0.0911 e. The maximum atomic E-state index is 4.79. The topological polar surface area (TPSA) is 0 Å². The Morgan fingerprint density at radius 1 is 0.427 bits per heavy atom. The van der Waals surface area contributed by atoms with E-state index in [1.165, 1.54) is 84.3 Å². The molecular weight excluding hydrogens is 985 g/mol. The third-order valence-electron chi connectivity index (χ3n) is 13.7. The second-order valence-corrected chi connectivity index (χ2v) is 21.4. The van der Waals surface area contributed by atoms with Crippen LogP contribution in [-0.4, -0.2) is 0 Å². The summed E-state index contributed by atoms with van der Waals surface area (Å²) in [6.45, 7) is 32.7. The van der Waals surface area contributed by atoms with Crippen molar-refractivity contribution in [1.29, 1.82) is 0 Å². The normalized spacial score (nSPS) is 12.6. The lowest BCUT2D eigenvalue weighted by Gasteiger charge is -2.16. The van der Waals surface area contributed by atoms with Crippen LogP contribution >= 0.6 is 0 Å². The summed E-state index contributed by atoms with van der Waals surface area (Å²) in [5.74, 6) is 1.89. The van der Waals surface area contributed by atoms with E-state index in [4.69, 9.17) is 6.58 Å². The molecule has 0 amide bonds. The van der Waals surface area contributed by atoms with Gasteiger partial charge in [-0.1, -0.05) is 303 Å². The van der Waals surface area contributed by atoms with Crippen LogP contribution in [0, 0.1) is 11.8 Å². The van der Waals surface area contributed by atoms with E-state index in [0.29, 0.717) is 0 Å². The highest BCUT2D eigenvalue weighted by Gasteiger charge is 2.14. The molecule has 0 spiro atoms. The molecule has 0 N–H and O–H groups in total. The van der Waals surface area contributed by atoms with Crippen molar-refractivity contribution in [3.8, 4) is 33.4 Å². The first kappa shape index (κ1) is 66.5. The third kappa shape index (κ3) is 20.8. The average Bonchev–Trinajstić information content (AvgIpc) is 3.62. The summed E-state index contributed by atoms with van der Waals surface area (Å²) in [5, 5.41) is 0. The molecule has 8 aromatic rings. The Balaban J connectivity index is 0.000000942. The Morgan fingerprint density at radius 3 is 1.28 bits per heavy atom. The Kier molecular flexibility index (Phi) is 28.9. The molecule has 1 atom stereocenters. The molecule has 0 saturated heterocycles. The highest BCUT2D eigenvalue weighted by molar-refractivity contribution is 5.94. The molecule has 424 valence electrons. The van der Waals surface area contributed by atoms with Crippen molar-refractivity contribution in [2.45, 2.75) is 123 Å². The molecular formula is C82H96. The summed E-state index contributed by atoms with van der Waals surface area (Å²) in [7, 11) is 0. The first-order valence-electron chi connectivity index (χ1n) is 29.9. The fourth-order valence-electron chi connectivity index (χ4n) is 9.10. The van der Waals surface area contributed by atoms with Crippen molar-refractivity contribution >= 4 is 33.4 Å². The molecule has 9 rings (SSSR count). The lowest BCUT2D eigenvalue weighted by molar-refractivity contribution is 0.626. The Labute approximate surface area is 498 Å².